The van der Waals surface area contributed by atoms with E-state index in [1.807, 2.05) is 12.3 Å². The number of aromatic nitrogens is 1. The van der Waals surface area contributed by atoms with Gasteiger partial charge in [-0.1, -0.05) is 12.1 Å². The molecule has 1 aliphatic rings. The van der Waals surface area contributed by atoms with Crippen molar-refractivity contribution >= 4 is 28.9 Å². The molecule has 0 spiro atoms. The summed E-state index contributed by atoms with van der Waals surface area (Å²) >= 11 is 1.57. The molecule has 0 bridgehead atoms. The highest BCUT2D eigenvalue weighted by Gasteiger charge is 2.19. The van der Waals surface area contributed by atoms with E-state index < -0.39 is 0 Å². The standard InChI is InChI=1S/C14H17N3OS.ClH/c1-18-13-4-2-3-10-8-17(6-5-12(10)13)9-11-7-16-14(15)19-11;/h2-4,7H,5-6,8-9H2,1H3,(H2,15,16);1H. The molecule has 0 amide bonds. The molecular weight excluding hydrogens is 294 g/mol. The summed E-state index contributed by atoms with van der Waals surface area (Å²) < 4.78 is 5.43. The number of fused-ring (bicyclic) bond motifs is 1. The topological polar surface area (TPSA) is 51.4 Å². The SMILES string of the molecule is COc1cccc2c1CCN(Cc1cnc(N)s1)C2.Cl. The number of methoxy groups -OCH3 is 1. The fourth-order valence-corrected chi connectivity index (χ4v) is 3.30. The molecule has 6 heteroatoms. The number of rotatable bonds is 3. The summed E-state index contributed by atoms with van der Waals surface area (Å²) in [5.41, 5.74) is 8.39. The zero-order valence-corrected chi connectivity index (χ0v) is 13.0. The maximum atomic E-state index is 5.67. The molecule has 2 aromatic rings. The molecule has 108 valence electrons. The molecule has 4 nitrogen and oxygen atoms in total. The molecule has 1 aliphatic heterocycles. The Kier molecular flexibility index (Phi) is 4.86. The number of hydrogen-bond donors (Lipinski definition) is 1. The molecule has 2 heterocycles. The van der Waals surface area contributed by atoms with Crippen LogP contribution in [0.1, 0.15) is 16.0 Å². The molecule has 1 aromatic carbocycles. The summed E-state index contributed by atoms with van der Waals surface area (Å²) in [7, 11) is 1.74. The normalized spacial score (nSPS) is 14.4. The largest absolute Gasteiger partial charge is 0.496 e. The number of hydrogen-bond acceptors (Lipinski definition) is 5. The van der Waals surface area contributed by atoms with Gasteiger partial charge in [0.15, 0.2) is 5.13 Å². The number of benzene rings is 1. The Hall–Kier alpha value is -1.30. The predicted molar refractivity (Wildman–Crippen MR) is 84.6 cm³/mol. The first-order valence-corrected chi connectivity index (χ1v) is 7.15. The minimum absolute atomic E-state index is 0. The summed E-state index contributed by atoms with van der Waals surface area (Å²) in [6, 6.07) is 6.29. The van der Waals surface area contributed by atoms with Gasteiger partial charge in [0, 0.05) is 30.7 Å². The van der Waals surface area contributed by atoms with E-state index in [2.05, 4.69) is 22.0 Å². The van der Waals surface area contributed by atoms with Gasteiger partial charge < -0.3 is 10.5 Å². The van der Waals surface area contributed by atoms with E-state index in [-0.39, 0.29) is 12.4 Å². The van der Waals surface area contributed by atoms with E-state index in [9.17, 15) is 0 Å². The van der Waals surface area contributed by atoms with Crippen molar-refractivity contribution in [1.82, 2.24) is 9.88 Å². The highest BCUT2D eigenvalue weighted by molar-refractivity contribution is 7.15. The number of anilines is 1. The van der Waals surface area contributed by atoms with Gasteiger partial charge in [0.25, 0.3) is 0 Å². The number of nitrogens with two attached hydrogens (primary N) is 1. The first-order valence-electron chi connectivity index (χ1n) is 6.33. The molecule has 0 atom stereocenters. The van der Waals surface area contributed by atoms with Crippen molar-refractivity contribution in [3.05, 3.63) is 40.4 Å². The monoisotopic (exact) mass is 311 g/mol. The minimum atomic E-state index is 0. The van der Waals surface area contributed by atoms with E-state index in [1.54, 1.807) is 18.4 Å². The van der Waals surface area contributed by atoms with E-state index in [0.29, 0.717) is 5.13 Å². The molecule has 0 unspecified atom stereocenters. The van der Waals surface area contributed by atoms with Crippen molar-refractivity contribution in [2.45, 2.75) is 19.5 Å². The Labute approximate surface area is 129 Å². The number of thiazole rings is 1. The molecule has 2 N–H and O–H groups in total. The van der Waals surface area contributed by atoms with Gasteiger partial charge in [0.1, 0.15) is 5.75 Å². The lowest BCUT2D eigenvalue weighted by atomic mass is 9.99. The molecule has 0 aliphatic carbocycles. The van der Waals surface area contributed by atoms with E-state index in [1.165, 1.54) is 16.0 Å². The van der Waals surface area contributed by atoms with Crippen LogP contribution in [0.3, 0.4) is 0 Å². The zero-order chi connectivity index (χ0) is 13.2. The first kappa shape index (κ1) is 15.1. The molecule has 20 heavy (non-hydrogen) atoms. The molecule has 0 fully saturated rings. The van der Waals surface area contributed by atoms with Crippen LogP contribution in [0.15, 0.2) is 24.4 Å². The number of nitrogens with zero attached hydrogens (tertiary/aromatic N) is 2. The smallest absolute Gasteiger partial charge is 0.180 e. The number of ether oxygens (including phenoxy) is 1. The van der Waals surface area contributed by atoms with Crippen molar-refractivity contribution in [2.24, 2.45) is 0 Å². The second kappa shape index (κ2) is 6.43. The Morgan fingerprint density at radius 3 is 3.00 bits per heavy atom. The second-order valence-electron chi connectivity index (χ2n) is 4.72. The highest BCUT2D eigenvalue weighted by Crippen LogP contribution is 2.29. The van der Waals surface area contributed by atoms with Crippen LogP contribution in [0.25, 0.3) is 0 Å². The van der Waals surface area contributed by atoms with Crippen LogP contribution in [-0.4, -0.2) is 23.5 Å². The highest BCUT2D eigenvalue weighted by atomic mass is 35.5. The van der Waals surface area contributed by atoms with Crippen LogP contribution in [0, 0.1) is 0 Å². The summed E-state index contributed by atoms with van der Waals surface area (Å²) in [5, 5.41) is 0.647. The average Bonchev–Trinajstić information content (AvgIpc) is 2.83. The van der Waals surface area contributed by atoms with Crippen molar-refractivity contribution in [3.63, 3.8) is 0 Å². The molecular formula is C14H18ClN3OS. The molecule has 0 saturated carbocycles. The van der Waals surface area contributed by atoms with Gasteiger partial charge in [0.05, 0.1) is 7.11 Å². The maximum absolute atomic E-state index is 5.67. The molecule has 0 saturated heterocycles. The van der Waals surface area contributed by atoms with Crippen LogP contribution < -0.4 is 10.5 Å². The fourth-order valence-electron chi connectivity index (χ4n) is 2.58. The molecule has 1 aromatic heterocycles. The third-order valence-corrected chi connectivity index (χ3v) is 4.28. The summed E-state index contributed by atoms with van der Waals surface area (Å²) in [5.74, 6) is 1.01. The Bertz CT molecular complexity index is 588. The Morgan fingerprint density at radius 1 is 1.45 bits per heavy atom. The average molecular weight is 312 g/mol. The van der Waals surface area contributed by atoms with Gasteiger partial charge in [-0.3, -0.25) is 4.90 Å². The molecule has 0 radical (unpaired) electrons. The van der Waals surface area contributed by atoms with Gasteiger partial charge in [-0.15, -0.1) is 23.7 Å². The summed E-state index contributed by atoms with van der Waals surface area (Å²) in [6.45, 7) is 2.93. The lowest BCUT2D eigenvalue weighted by Crippen LogP contribution is -2.30. The third kappa shape index (κ3) is 3.06. The van der Waals surface area contributed by atoms with Crippen LogP contribution in [0.4, 0.5) is 5.13 Å². The third-order valence-electron chi connectivity index (χ3n) is 3.47. The van der Waals surface area contributed by atoms with Crippen molar-refractivity contribution in [2.75, 3.05) is 19.4 Å². The van der Waals surface area contributed by atoms with Gasteiger partial charge >= 0.3 is 0 Å². The zero-order valence-electron chi connectivity index (χ0n) is 11.3. The van der Waals surface area contributed by atoms with Crippen LogP contribution in [-0.2, 0) is 19.5 Å². The van der Waals surface area contributed by atoms with Gasteiger partial charge in [-0.05, 0) is 23.6 Å². The lowest BCUT2D eigenvalue weighted by Gasteiger charge is -2.29. The fraction of sp³-hybridized carbons (Fsp3) is 0.357. The quantitative estimate of drug-likeness (QED) is 0.947. The van der Waals surface area contributed by atoms with Gasteiger partial charge in [0.2, 0.25) is 0 Å². The van der Waals surface area contributed by atoms with E-state index in [4.69, 9.17) is 10.5 Å². The van der Waals surface area contributed by atoms with Crippen LogP contribution in [0.2, 0.25) is 0 Å². The first-order chi connectivity index (χ1) is 9.26. The van der Waals surface area contributed by atoms with Crippen molar-refractivity contribution in [1.29, 1.82) is 0 Å². The predicted octanol–water partition coefficient (Wildman–Crippen LogP) is 2.71. The van der Waals surface area contributed by atoms with Crippen molar-refractivity contribution < 1.29 is 4.74 Å². The molecule has 3 rings (SSSR count). The van der Waals surface area contributed by atoms with Gasteiger partial charge in [-0.25, -0.2) is 4.98 Å². The van der Waals surface area contributed by atoms with Crippen molar-refractivity contribution in [3.8, 4) is 5.75 Å². The lowest BCUT2D eigenvalue weighted by molar-refractivity contribution is 0.244. The summed E-state index contributed by atoms with van der Waals surface area (Å²) in [4.78, 5) is 7.75. The Balaban J connectivity index is 0.00000147. The Morgan fingerprint density at radius 2 is 2.30 bits per heavy atom. The number of halogens is 1. The van der Waals surface area contributed by atoms with Gasteiger partial charge in [-0.2, -0.15) is 0 Å². The van der Waals surface area contributed by atoms with E-state index in [0.717, 1.165) is 31.8 Å². The maximum Gasteiger partial charge on any atom is 0.180 e. The second-order valence-corrected chi connectivity index (χ2v) is 5.87. The van der Waals surface area contributed by atoms with Crippen LogP contribution >= 0.6 is 23.7 Å². The van der Waals surface area contributed by atoms with E-state index >= 15 is 0 Å². The minimum Gasteiger partial charge on any atom is -0.496 e. The summed E-state index contributed by atoms with van der Waals surface area (Å²) in [6.07, 6.45) is 2.91. The number of nitrogen functional groups attached to an aromatic ring is 1. The van der Waals surface area contributed by atoms with Crippen LogP contribution in [0.5, 0.6) is 5.75 Å².